The van der Waals surface area contributed by atoms with Crippen molar-refractivity contribution in [3.8, 4) is 0 Å². The molecule has 0 aromatic carbocycles. The number of sulfone groups is 1. The zero-order chi connectivity index (χ0) is 13.8. The fourth-order valence-electron chi connectivity index (χ4n) is 1.76. The van der Waals surface area contributed by atoms with Crippen molar-refractivity contribution in [1.82, 2.24) is 4.90 Å². The maximum atomic E-state index is 11.8. The summed E-state index contributed by atoms with van der Waals surface area (Å²) in [4.78, 5) is 23.8. The maximum absolute atomic E-state index is 11.8. The van der Waals surface area contributed by atoms with E-state index >= 15 is 0 Å². The molecule has 0 aromatic heterocycles. The minimum atomic E-state index is -3.45. The molecule has 0 saturated carbocycles. The largest absolute Gasteiger partial charge is 0.480 e. The van der Waals surface area contributed by atoms with Crippen LogP contribution in [0, 0.1) is 0 Å². The summed E-state index contributed by atoms with van der Waals surface area (Å²) in [7, 11) is -3.45. The predicted molar refractivity (Wildman–Crippen MR) is 62.9 cm³/mol. The van der Waals surface area contributed by atoms with Crippen molar-refractivity contribution >= 4 is 21.7 Å². The molecule has 1 fully saturated rings. The zero-order valence-corrected chi connectivity index (χ0v) is 11.0. The molecule has 1 atom stereocenters. The van der Waals surface area contributed by atoms with Gasteiger partial charge in [0.05, 0.1) is 19.0 Å². The fourth-order valence-corrected chi connectivity index (χ4v) is 3.07. The minimum absolute atomic E-state index is 0.0686. The van der Waals surface area contributed by atoms with Crippen molar-refractivity contribution in [2.24, 2.45) is 0 Å². The third-order valence-electron chi connectivity index (χ3n) is 2.59. The lowest BCUT2D eigenvalue weighted by Crippen LogP contribution is -2.54. The van der Waals surface area contributed by atoms with Crippen LogP contribution in [-0.4, -0.2) is 67.6 Å². The number of amides is 1. The zero-order valence-electron chi connectivity index (χ0n) is 10.2. The van der Waals surface area contributed by atoms with E-state index in [2.05, 4.69) is 0 Å². The third kappa shape index (κ3) is 3.95. The number of rotatable bonds is 5. The molecule has 18 heavy (non-hydrogen) atoms. The van der Waals surface area contributed by atoms with E-state index in [-0.39, 0.29) is 25.5 Å². The van der Waals surface area contributed by atoms with Gasteiger partial charge in [0.2, 0.25) is 5.91 Å². The highest BCUT2D eigenvalue weighted by Crippen LogP contribution is 2.09. The Labute approximate surface area is 106 Å². The van der Waals surface area contributed by atoms with Gasteiger partial charge in [-0.15, -0.1) is 0 Å². The monoisotopic (exact) mass is 279 g/mol. The van der Waals surface area contributed by atoms with Gasteiger partial charge >= 0.3 is 5.97 Å². The van der Waals surface area contributed by atoms with Crippen molar-refractivity contribution in [3.63, 3.8) is 0 Å². The Morgan fingerprint density at radius 1 is 1.44 bits per heavy atom. The van der Waals surface area contributed by atoms with Crippen molar-refractivity contribution in [2.45, 2.75) is 19.4 Å². The van der Waals surface area contributed by atoms with E-state index in [4.69, 9.17) is 9.84 Å². The van der Waals surface area contributed by atoms with Gasteiger partial charge in [0, 0.05) is 6.54 Å². The first kappa shape index (κ1) is 14.9. The third-order valence-corrected chi connectivity index (χ3v) is 4.31. The lowest BCUT2D eigenvalue weighted by atomic mass is 10.2. The summed E-state index contributed by atoms with van der Waals surface area (Å²) >= 11 is 0. The minimum Gasteiger partial charge on any atom is -0.480 e. The van der Waals surface area contributed by atoms with Crippen LogP contribution in [0.2, 0.25) is 0 Å². The molecule has 1 heterocycles. The molecule has 104 valence electrons. The lowest BCUT2D eigenvalue weighted by Gasteiger charge is -2.32. The van der Waals surface area contributed by atoms with Crippen LogP contribution in [0.15, 0.2) is 0 Å². The van der Waals surface area contributed by atoms with Gasteiger partial charge in [-0.05, 0) is 6.42 Å². The highest BCUT2D eigenvalue weighted by atomic mass is 32.2. The fraction of sp³-hybridized carbons (Fsp3) is 0.800. The maximum Gasteiger partial charge on any atom is 0.328 e. The Hall–Kier alpha value is -1.15. The van der Waals surface area contributed by atoms with Crippen LogP contribution in [0.5, 0.6) is 0 Å². The quantitative estimate of drug-likeness (QED) is 0.701. The molecule has 1 aliphatic rings. The van der Waals surface area contributed by atoms with Crippen LogP contribution in [0.1, 0.15) is 13.3 Å². The molecular weight excluding hydrogens is 262 g/mol. The second-order valence-electron chi connectivity index (χ2n) is 4.11. The molecule has 1 saturated heterocycles. The smallest absolute Gasteiger partial charge is 0.328 e. The summed E-state index contributed by atoms with van der Waals surface area (Å²) in [5.74, 6) is -2.55. The average molecular weight is 279 g/mol. The topological polar surface area (TPSA) is 101 Å². The van der Waals surface area contributed by atoms with E-state index < -0.39 is 33.5 Å². The van der Waals surface area contributed by atoms with Gasteiger partial charge in [0.1, 0.15) is 5.75 Å². The van der Waals surface area contributed by atoms with Crippen LogP contribution >= 0.6 is 0 Å². The summed E-state index contributed by atoms with van der Waals surface area (Å²) in [6.45, 7) is 1.94. The second kappa shape index (κ2) is 6.14. The van der Waals surface area contributed by atoms with Gasteiger partial charge in [0.25, 0.3) is 0 Å². The van der Waals surface area contributed by atoms with Gasteiger partial charge in [-0.1, -0.05) is 6.92 Å². The summed E-state index contributed by atoms with van der Waals surface area (Å²) in [6.07, 6.45) is 0.432. The highest BCUT2D eigenvalue weighted by molar-refractivity contribution is 7.92. The van der Waals surface area contributed by atoms with Crippen LogP contribution in [0.3, 0.4) is 0 Å². The lowest BCUT2D eigenvalue weighted by molar-refractivity contribution is -0.157. The number of carboxylic acid groups (broad SMARTS) is 1. The molecule has 1 amide bonds. The Balaban J connectivity index is 2.72. The predicted octanol–water partition coefficient (Wildman–Crippen LogP) is -0.877. The summed E-state index contributed by atoms with van der Waals surface area (Å²) in [5.41, 5.74) is 0. The molecule has 0 radical (unpaired) electrons. The Morgan fingerprint density at radius 2 is 2.11 bits per heavy atom. The second-order valence-corrected chi connectivity index (χ2v) is 6.29. The first-order valence-electron chi connectivity index (χ1n) is 5.68. The number of carbonyl (C=O) groups excluding carboxylic acids is 1. The normalized spacial score (nSPS) is 20.7. The van der Waals surface area contributed by atoms with Gasteiger partial charge in [-0.25, -0.2) is 13.2 Å². The van der Waals surface area contributed by atoms with Crippen molar-refractivity contribution in [2.75, 3.05) is 31.3 Å². The molecule has 0 aromatic rings. The van der Waals surface area contributed by atoms with Gasteiger partial charge in [0.15, 0.2) is 15.9 Å². The Morgan fingerprint density at radius 3 is 2.67 bits per heavy atom. The molecule has 0 aliphatic carbocycles. The molecular formula is C10H17NO6S. The van der Waals surface area contributed by atoms with Crippen molar-refractivity contribution in [1.29, 1.82) is 0 Å². The summed E-state index contributed by atoms with van der Waals surface area (Å²) in [6, 6.07) is -1.09. The SMILES string of the molecule is CCCS(=O)(=O)CC(=O)N1CCOCC1C(=O)O. The number of hydrogen-bond donors (Lipinski definition) is 1. The molecule has 1 aliphatic heterocycles. The van der Waals surface area contributed by atoms with E-state index in [1.54, 1.807) is 6.92 Å². The average Bonchev–Trinajstić information content (AvgIpc) is 2.28. The molecule has 0 spiro atoms. The van der Waals surface area contributed by atoms with E-state index in [9.17, 15) is 18.0 Å². The molecule has 0 bridgehead atoms. The van der Waals surface area contributed by atoms with Crippen molar-refractivity contribution < 1.29 is 27.9 Å². The van der Waals surface area contributed by atoms with Crippen LogP contribution in [0.4, 0.5) is 0 Å². The number of carboxylic acids is 1. The van der Waals surface area contributed by atoms with E-state index in [0.717, 1.165) is 4.90 Å². The van der Waals surface area contributed by atoms with Gasteiger partial charge in [-0.2, -0.15) is 0 Å². The number of carbonyl (C=O) groups is 2. The van der Waals surface area contributed by atoms with Crippen LogP contribution in [0.25, 0.3) is 0 Å². The molecule has 1 N–H and O–H groups in total. The number of morpholine rings is 1. The molecule has 8 heteroatoms. The standard InChI is InChI=1S/C10H17NO6S/c1-2-5-18(15,16)7-9(12)11-3-4-17-6-8(11)10(13)14/h8H,2-7H2,1H3,(H,13,14). The van der Waals surface area contributed by atoms with E-state index in [1.165, 1.54) is 0 Å². The molecule has 1 unspecified atom stereocenters. The highest BCUT2D eigenvalue weighted by Gasteiger charge is 2.34. The van der Waals surface area contributed by atoms with Crippen LogP contribution < -0.4 is 0 Å². The van der Waals surface area contributed by atoms with Gasteiger partial charge < -0.3 is 14.7 Å². The summed E-state index contributed by atoms with van der Waals surface area (Å²) < 4.78 is 28.0. The Bertz CT molecular complexity index is 418. The van der Waals surface area contributed by atoms with Gasteiger partial charge in [-0.3, -0.25) is 4.79 Å². The first-order valence-corrected chi connectivity index (χ1v) is 7.50. The number of nitrogens with zero attached hydrogens (tertiary/aromatic N) is 1. The number of hydrogen-bond acceptors (Lipinski definition) is 5. The van der Waals surface area contributed by atoms with E-state index in [0.29, 0.717) is 6.42 Å². The number of aliphatic carboxylic acids is 1. The van der Waals surface area contributed by atoms with Crippen LogP contribution in [-0.2, 0) is 24.2 Å². The first-order chi connectivity index (χ1) is 8.37. The van der Waals surface area contributed by atoms with Crippen molar-refractivity contribution in [3.05, 3.63) is 0 Å². The van der Waals surface area contributed by atoms with E-state index in [1.807, 2.05) is 0 Å². The molecule has 1 rings (SSSR count). The molecule has 7 nitrogen and oxygen atoms in total. The Kier molecular flexibility index (Phi) is 5.09. The number of ether oxygens (including phenoxy) is 1. The summed E-state index contributed by atoms with van der Waals surface area (Å²) in [5, 5.41) is 8.94.